The highest BCUT2D eigenvalue weighted by atomic mass is 16.4. The average Bonchev–Trinajstić information content (AvgIpc) is 2.31. The lowest BCUT2D eigenvalue weighted by atomic mass is 10.5. The third-order valence-electron chi connectivity index (χ3n) is 1.99. The fourth-order valence-corrected chi connectivity index (χ4v) is 1.12. The molecule has 0 fully saturated rings. The minimum Gasteiger partial charge on any atom is -0.474 e. The molecule has 0 heterocycles. The highest BCUT2D eigenvalue weighted by Gasteiger charge is 2.08. The highest BCUT2D eigenvalue weighted by Crippen LogP contribution is 1.66. The molecule has 1 amide bonds. The Morgan fingerprint density at radius 3 is 1.68 bits per heavy atom. The van der Waals surface area contributed by atoms with Crippen LogP contribution in [0.5, 0.6) is 0 Å². The zero-order valence-electron chi connectivity index (χ0n) is 11.2. The van der Waals surface area contributed by atoms with Crippen LogP contribution in [0.15, 0.2) is 0 Å². The molecule has 19 heavy (non-hydrogen) atoms. The zero-order valence-corrected chi connectivity index (χ0v) is 11.2. The number of nitrogens with one attached hydrogen (secondary N) is 4. The quantitative estimate of drug-likeness (QED) is 0.204. The van der Waals surface area contributed by atoms with Gasteiger partial charge in [-0.3, -0.25) is 4.79 Å². The van der Waals surface area contributed by atoms with Crippen LogP contribution in [0.25, 0.3) is 0 Å². The molecule has 9 N–H and O–H groups in total. The van der Waals surface area contributed by atoms with Gasteiger partial charge in [0.25, 0.3) is 0 Å². The summed E-state index contributed by atoms with van der Waals surface area (Å²) in [4.78, 5) is 20.8. The first-order valence-corrected chi connectivity index (χ1v) is 5.81. The van der Waals surface area contributed by atoms with Gasteiger partial charge in [0.15, 0.2) is 0 Å². The van der Waals surface area contributed by atoms with Crippen LogP contribution < -0.4 is 21.3 Å². The van der Waals surface area contributed by atoms with Gasteiger partial charge in [0.05, 0.1) is 0 Å². The van der Waals surface area contributed by atoms with Crippen LogP contribution in [0, 0.1) is 0 Å². The number of hydrogen-bond acceptors (Lipinski definition) is 5. The number of carboxylic acids is 1. The number of aliphatic carboxylic acids is 1. The van der Waals surface area contributed by atoms with Crippen molar-refractivity contribution < 1.29 is 25.6 Å². The summed E-state index contributed by atoms with van der Waals surface area (Å²) in [6.45, 7) is 7.43. The van der Waals surface area contributed by atoms with E-state index in [0.29, 0.717) is 13.1 Å². The standard InChI is InChI=1S/C10H22N4O3.2H2O/c1-2-11-3-4-12-5-6-13-7-8-14-9(15)10(16)17;;/h11-13H,2-8H2,1H3,(H,14,15)(H,16,17);2*1H2. The first kappa shape index (κ1) is 22.9. The Morgan fingerprint density at radius 2 is 1.26 bits per heavy atom. The van der Waals surface area contributed by atoms with Gasteiger partial charge in [-0.05, 0) is 6.54 Å². The maximum absolute atomic E-state index is 10.6. The molecule has 0 unspecified atom stereocenters. The van der Waals surface area contributed by atoms with Gasteiger partial charge in [0.2, 0.25) is 0 Å². The van der Waals surface area contributed by atoms with E-state index in [1.54, 1.807) is 0 Å². The average molecular weight is 282 g/mol. The Morgan fingerprint density at radius 1 is 0.842 bits per heavy atom. The summed E-state index contributed by atoms with van der Waals surface area (Å²) in [7, 11) is 0. The summed E-state index contributed by atoms with van der Waals surface area (Å²) in [5.41, 5.74) is 0. The van der Waals surface area contributed by atoms with E-state index in [1.807, 2.05) is 0 Å². The van der Waals surface area contributed by atoms with Crippen molar-refractivity contribution >= 4 is 11.9 Å². The minimum absolute atomic E-state index is 0. The Bertz CT molecular complexity index is 228. The van der Waals surface area contributed by atoms with Crippen molar-refractivity contribution in [3.05, 3.63) is 0 Å². The fraction of sp³-hybridized carbons (Fsp3) is 0.800. The number of amides is 1. The molecule has 0 radical (unpaired) electrons. The fourth-order valence-electron chi connectivity index (χ4n) is 1.12. The largest absolute Gasteiger partial charge is 0.474 e. The molecule has 0 aliphatic heterocycles. The zero-order chi connectivity index (χ0) is 12.9. The Hall–Kier alpha value is -1.26. The summed E-state index contributed by atoms with van der Waals surface area (Å²) in [6.07, 6.45) is 0. The minimum atomic E-state index is -1.45. The van der Waals surface area contributed by atoms with Crippen molar-refractivity contribution in [3.8, 4) is 0 Å². The van der Waals surface area contributed by atoms with E-state index < -0.39 is 11.9 Å². The molecule has 0 saturated heterocycles. The van der Waals surface area contributed by atoms with Crippen LogP contribution in [0.1, 0.15) is 6.92 Å². The van der Waals surface area contributed by atoms with Gasteiger partial charge in [-0.25, -0.2) is 4.79 Å². The van der Waals surface area contributed by atoms with Crippen molar-refractivity contribution in [2.24, 2.45) is 0 Å². The first-order valence-electron chi connectivity index (χ1n) is 5.81. The molecule has 0 saturated carbocycles. The number of hydrogen-bond donors (Lipinski definition) is 5. The van der Waals surface area contributed by atoms with Gasteiger partial charge in [0, 0.05) is 39.3 Å². The first-order chi connectivity index (χ1) is 8.18. The van der Waals surface area contributed by atoms with Crippen LogP contribution in [0.3, 0.4) is 0 Å². The SMILES string of the molecule is CCNCCNCCNCCNC(=O)C(=O)O.O.O. The van der Waals surface area contributed by atoms with Crippen LogP contribution in [0.4, 0.5) is 0 Å². The van der Waals surface area contributed by atoms with Crippen LogP contribution >= 0.6 is 0 Å². The molecule has 9 nitrogen and oxygen atoms in total. The summed E-state index contributed by atoms with van der Waals surface area (Å²) in [5, 5.41) is 20.1. The number of carboxylic acid groups (broad SMARTS) is 1. The van der Waals surface area contributed by atoms with Gasteiger partial charge in [-0.15, -0.1) is 0 Å². The van der Waals surface area contributed by atoms with E-state index >= 15 is 0 Å². The van der Waals surface area contributed by atoms with Crippen LogP contribution in [-0.2, 0) is 9.59 Å². The lowest BCUT2D eigenvalue weighted by Crippen LogP contribution is -2.38. The molecule has 9 heteroatoms. The van der Waals surface area contributed by atoms with Crippen molar-refractivity contribution in [3.63, 3.8) is 0 Å². The number of rotatable bonds is 10. The monoisotopic (exact) mass is 282 g/mol. The number of carbonyl (C=O) groups excluding carboxylic acids is 1. The van der Waals surface area contributed by atoms with Gasteiger partial charge < -0.3 is 37.3 Å². The second kappa shape index (κ2) is 16.7. The molecule has 0 aromatic rings. The van der Waals surface area contributed by atoms with E-state index in [1.165, 1.54) is 0 Å². The second-order valence-corrected chi connectivity index (χ2v) is 3.41. The molecular weight excluding hydrogens is 256 g/mol. The summed E-state index contributed by atoms with van der Waals surface area (Å²) >= 11 is 0. The Kier molecular flexibility index (Phi) is 20.2. The third kappa shape index (κ3) is 16.7. The van der Waals surface area contributed by atoms with E-state index in [-0.39, 0.29) is 11.0 Å². The van der Waals surface area contributed by atoms with E-state index in [4.69, 9.17) is 5.11 Å². The second-order valence-electron chi connectivity index (χ2n) is 3.41. The predicted octanol–water partition coefficient (Wildman–Crippen LogP) is -3.67. The lowest BCUT2D eigenvalue weighted by Gasteiger charge is -2.07. The Labute approximate surface area is 112 Å². The summed E-state index contributed by atoms with van der Waals surface area (Å²) in [5.74, 6) is -2.41. The van der Waals surface area contributed by atoms with Gasteiger partial charge in [0.1, 0.15) is 0 Å². The Balaban J connectivity index is -0.00000128. The highest BCUT2D eigenvalue weighted by molar-refractivity contribution is 6.31. The predicted molar refractivity (Wildman–Crippen MR) is 72.2 cm³/mol. The van der Waals surface area contributed by atoms with Gasteiger partial charge in [-0.1, -0.05) is 6.92 Å². The molecule has 0 aromatic heterocycles. The van der Waals surface area contributed by atoms with Crippen LogP contribution in [0.2, 0.25) is 0 Å². The van der Waals surface area contributed by atoms with Gasteiger partial charge in [-0.2, -0.15) is 0 Å². The van der Waals surface area contributed by atoms with Crippen molar-refractivity contribution in [1.29, 1.82) is 0 Å². The van der Waals surface area contributed by atoms with Crippen molar-refractivity contribution in [2.75, 3.05) is 45.8 Å². The lowest BCUT2D eigenvalue weighted by molar-refractivity contribution is -0.150. The van der Waals surface area contributed by atoms with Gasteiger partial charge >= 0.3 is 11.9 Å². The van der Waals surface area contributed by atoms with E-state index in [9.17, 15) is 9.59 Å². The normalized spacial score (nSPS) is 9.11. The molecule has 0 spiro atoms. The number of carbonyl (C=O) groups is 2. The maximum Gasteiger partial charge on any atom is 0.394 e. The molecular formula is C10H26N4O5. The summed E-state index contributed by atoms with van der Waals surface area (Å²) < 4.78 is 0. The molecule has 116 valence electrons. The molecule has 0 bridgehead atoms. The van der Waals surface area contributed by atoms with Crippen LogP contribution in [-0.4, -0.2) is 73.7 Å². The molecule has 0 aromatic carbocycles. The maximum atomic E-state index is 10.6. The molecule has 0 rings (SSSR count). The molecule has 0 aliphatic carbocycles. The molecule has 0 aliphatic rings. The number of likely N-dealkylation sites (N-methyl/N-ethyl adjacent to an activating group) is 1. The topological polar surface area (TPSA) is 165 Å². The van der Waals surface area contributed by atoms with E-state index in [0.717, 1.165) is 32.7 Å². The van der Waals surface area contributed by atoms with Crippen molar-refractivity contribution in [2.45, 2.75) is 6.92 Å². The third-order valence-corrected chi connectivity index (χ3v) is 1.99. The smallest absolute Gasteiger partial charge is 0.394 e. The van der Waals surface area contributed by atoms with Crippen molar-refractivity contribution in [1.82, 2.24) is 21.3 Å². The molecule has 0 atom stereocenters. The van der Waals surface area contributed by atoms with E-state index in [2.05, 4.69) is 28.2 Å². The summed E-state index contributed by atoms with van der Waals surface area (Å²) in [6, 6.07) is 0.